The van der Waals surface area contributed by atoms with Gasteiger partial charge in [-0.2, -0.15) is 3.28 Å². The van der Waals surface area contributed by atoms with Crippen LogP contribution >= 0.6 is 21.5 Å². The fraction of sp³-hybridized carbons (Fsp3) is 0.632. The number of ether oxygens (including phenoxy) is 3. The highest BCUT2D eigenvalue weighted by Gasteiger charge is 2.26. The second kappa shape index (κ2) is 11.0. The molecule has 0 spiro atoms. The van der Waals surface area contributed by atoms with Crippen molar-refractivity contribution in [3.05, 3.63) is 24.3 Å². The molecule has 28 heavy (non-hydrogen) atoms. The van der Waals surface area contributed by atoms with E-state index in [1.165, 1.54) is 0 Å². The predicted molar refractivity (Wildman–Crippen MR) is 114 cm³/mol. The summed E-state index contributed by atoms with van der Waals surface area (Å²) in [6, 6.07) is 6.03. The maximum Gasteiger partial charge on any atom is 0.326 e. The summed E-state index contributed by atoms with van der Waals surface area (Å²) in [6.07, 6.45) is 0. The smallest absolute Gasteiger partial charge is 0.326 e. The largest absolute Gasteiger partial charge is 0.492 e. The van der Waals surface area contributed by atoms with Gasteiger partial charge in [0.15, 0.2) is 0 Å². The number of nitrogens with one attached hydrogen (secondary N) is 1. The van der Waals surface area contributed by atoms with Crippen LogP contribution in [0.4, 0.5) is 5.69 Å². The van der Waals surface area contributed by atoms with Crippen LogP contribution in [0.1, 0.15) is 41.5 Å². The van der Waals surface area contributed by atoms with Gasteiger partial charge in [0.2, 0.25) is 0 Å². The van der Waals surface area contributed by atoms with Crippen molar-refractivity contribution in [2.45, 2.75) is 58.8 Å². The summed E-state index contributed by atoms with van der Waals surface area (Å²) < 4.78 is 28.4. The molecule has 0 aromatic heterocycles. The number of halogens is 1. The molecule has 2 N–H and O–H groups in total. The Bertz CT molecular complexity index is 642. The van der Waals surface area contributed by atoms with Crippen molar-refractivity contribution in [2.75, 3.05) is 23.0 Å². The zero-order valence-electron chi connectivity index (χ0n) is 17.3. The lowest BCUT2D eigenvalue weighted by Crippen LogP contribution is -2.46. The first-order valence-electron chi connectivity index (χ1n) is 9.01. The van der Waals surface area contributed by atoms with E-state index >= 15 is 0 Å². The summed E-state index contributed by atoms with van der Waals surface area (Å²) in [5.74, 6) is 0.143. The highest BCUT2D eigenvalue weighted by Crippen LogP contribution is 2.23. The average Bonchev–Trinajstić information content (AvgIpc) is 2.58. The van der Waals surface area contributed by atoms with E-state index in [9.17, 15) is 13.1 Å². The second-order valence-corrected chi connectivity index (χ2v) is 9.45. The number of benzene rings is 1. The second-order valence-electron chi connectivity index (χ2n) is 8.14. The Kier molecular flexibility index (Phi) is 9.75. The number of carbonyl (C=O) groups excluding carboxylic acids is 1. The van der Waals surface area contributed by atoms with E-state index in [1.807, 2.05) is 41.5 Å². The Morgan fingerprint density at radius 3 is 2.46 bits per heavy atom. The minimum Gasteiger partial charge on any atom is -0.492 e. The third-order valence-corrected chi connectivity index (χ3v) is 4.16. The van der Waals surface area contributed by atoms with E-state index in [2.05, 4.69) is 5.32 Å². The Hall–Kier alpha value is -1.30. The van der Waals surface area contributed by atoms with Crippen molar-refractivity contribution >= 4 is 33.1 Å². The van der Waals surface area contributed by atoms with E-state index in [4.69, 9.17) is 14.2 Å². The molecule has 0 heterocycles. The molecule has 0 amide bonds. The lowest BCUT2D eigenvalue weighted by molar-refractivity contribution is -0.160. The number of hydrogen-bond donors (Lipinski definition) is 2. The fourth-order valence-corrected chi connectivity index (χ4v) is 2.57. The summed E-state index contributed by atoms with van der Waals surface area (Å²) in [5, 5.41) is 12.6. The van der Waals surface area contributed by atoms with Crippen molar-refractivity contribution in [3.63, 3.8) is 0 Å². The summed E-state index contributed by atoms with van der Waals surface area (Å²) in [6.45, 7) is 12.1. The van der Waals surface area contributed by atoms with Gasteiger partial charge in [0.25, 0.3) is 21.5 Å². The van der Waals surface area contributed by atoms with Gasteiger partial charge in [-0.15, -0.1) is 0 Å². The molecule has 0 bridgehead atoms. The number of carbonyl (C=O) groups is 1. The van der Waals surface area contributed by atoms with E-state index < -0.39 is 33.1 Å². The number of nitrogens with zero attached hydrogens (tertiary/aromatic N) is 1. The van der Waals surface area contributed by atoms with Crippen LogP contribution in [0.2, 0.25) is 0 Å². The van der Waals surface area contributed by atoms with E-state index in [0.717, 1.165) is 0 Å². The number of esters is 1. The molecule has 1 atom stereocenters. The molecular weight excluding hydrogens is 479 g/mol. The van der Waals surface area contributed by atoms with Crippen molar-refractivity contribution < 1.29 is 27.3 Å². The van der Waals surface area contributed by atoms with E-state index in [-0.39, 0.29) is 24.8 Å². The third-order valence-electron chi connectivity index (χ3n) is 3.23. The van der Waals surface area contributed by atoms with Crippen LogP contribution in [0.5, 0.6) is 5.75 Å². The van der Waals surface area contributed by atoms with Crippen LogP contribution in [0.3, 0.4) is 0 Å². The topological polar surface area (TPSA) is 97.3 Å². The average molecular weight is 510 g/mol. The Balaban J connectivity index is 2.59. The molecule has 0 aliphatic rings. The van der Waals surface area contributed by atoms with Crippen LogP contribution in [0, 0.1) is 0 Å². The fourth-order valence-electron chi connectivity index (χ4n) is 2.05. The molecule has 0 unspecified atom stereocenters. The predicted octanol–water partition coefficient (Wildman–Crippen LogP) is 3.61. The lowest BCUT2D eigenvalue weighted by Gasteiger charge is -2.27. The highest BCUT2D eigenvalue weighted by atomic mass is 127. The summed E-state index contributed by atoms with van der Waals surface area (Å²) in [5.41, 5.74) is -0.562. The molecule has 0 aliphatic carbocycles. The van der Waals surface area contributed by atoms with Gasteiger partial charge >= 0.3 is 5.97 Å². The van der Waals surface area contributed by atoms with Gasteiger partial charge < -0.3 is 14.2 Å². The van der Waals surface area contributed by atoms with Gasteiger partial charge in [-0.05, 0) is 53.7 Å². The molecule has 160 valence electrons. The van der Waals surface area contributed by atoms with Gasteiger partial charge in [-0.25, -0.2) is 3.07 Å². The first kappa shape index (κ1) is 24.7. The SMILES string of the molecule is CC(C)(C)OC[C@H](NCCOc1cccc(N(O)I=O)c1)C(=O)OC(C)(C)C. The van der Waals surface area contributed by atoms with Gasteiger partial charge in [0.1, 0.15) is 24.0 Å². The van der Waals surface area contributed by atoms with Gasteiger partial charge in [-0.1, -0.05) is 6.07 Å². The molecule has 0 radical (unpaired) electrons. The molecule has 9 heteroatoms. The van der Waals surface area contributed by atoms with Gasteiger partial charge in [0.05, 0.1) is 17.9 Å². The molecular formula is C19H31IN2O6. The number of anilines is 1. The maximum absolute atomic E-state index is 12.4. The zero-order valence-corrected chi connectivity index (χ0v) is 19.5. The summed E-state index contributed by atoms with van der Waals surface area (Å²) >= 11 is -1.70. The minimum absolute atomic E-state index is 0.181. The Morgan fingerprint density at radius 1 is 1.21 bits per heavy atom. The molecule has 0 saturated heterocycles. The Morgan fingerprint density at radius 2 is 1.89 bits per heavy atom. The highest BCUT2D eigenvalue weighted by molar-refractivity contribution is 14.1. The van der Waals surface area contributed by atoms with Crippen LogP contribution in [-0.4, -0.2) is 48.2 Å². The van der Waals surface area contributed by atoms with E-state index in [0.29, 0.717) is 21.3 Å². The number of hydrogen-bond acceptors (Lipinski definition) is 7. The minimum atomic E-state index is -1.70. The molecule has 0 aliphatic heterocycles. The van der Waals surface area contributed by atoms with Crippen molar-refractivity contribution in [3.8, 4) is 5.75 Å². The zero-order chi connectivity index (χ0) is 21.4. The van der Waals surface area contributed by atoms with Gasteiger partial charge in [0, 0.05) is 12.6 Å². The van der Waals surface area contributed by atoms with Crippen LogP contribution in [-0.2, 0) is 17.3 Å². The molecule has 1 aromatic rings. The summed E-state index contributed by atoms with van der Waals surface area (Å²) in [4.78, 5) is 12.4. The number of rotatable bonds is 10. The third kappa shape index (κ3) is 10.3. The van der Waals surface area contributed by atoms with Crippen molar-refractivity contribution in [1.82, 2.24) is 5.32 Å². The monoisotopic (exact) mass is 510 g/mol. The molecule has 1 aromatic carbocycles. The molecule has 8 nitrogen and oxygen atoms in total. The lowest BCUT2D eigenvalue weighted by atomic mass is 10.1. The van der Waals surface area contributed by atoms with Crippen molar-refractivity contribution in [1.29, 1.82) is 0 Å². The summed E-state index contributed by atoms with van der Waals surface area (Å²) in [7, 11) is 0. The first-order chi connectivity index (χ1) is 12.9. The maximum atomic E-state index is 12.4. The first-order valence-corrected chi connectivity index (χ1v) is 10.9. The molecule has 1 rings (SSSR count). The Labute approximate surface area is 177 Å². The standard InChI is InChI=1S/C19H31IN2O6/c1-18(2,3)27-13-16(17(23)28-19(4,5)6)21-10-11-26-15-9-7-8-14(12-15)22(25)20-24/h7-9,12,16,21,25H,10-11,13H2,1-6H3/t16-/m0/s1. The quantitative estimate of drug-likeness (QED) is 0.162. The molecule has 0 saturated carbocycles. The normalized spacial score (nSPS) is 13.1. The van der Waals surface area contributed by atoms with Crippen LogP contribution in [0.15, 0.2) is 24.3 Å². The van der Waals surface area contributed by atoms with Crippen LogP contribution in [0.25, 0.3) is 0 Å². The molecule has 0 fully saturated rings. The van der Waals surface area contributed by atoms with E-state index in [1.54, 1.807) is 24.3 Å². The van der Waals surface area contributed by atoms with Crippen LogP contribution < -0.4 is 13.3 Å². The van der Waals surface area contributed by atoms with Crippen molar-refractivity contribution in [2.24, 2.45) is 0 Å². The van der Waals surface area contributed by atoms with Gasteiger partial charge in [-0.3, -0.25) is 15.3 Å².